The molecule has 1 fully saturated rings. The van der Waals surface area contributed by atoms with E-state index in [4.69, 9.17) is 29.0 Å². The molecule has 0 saturated carbocycles. The van der Waals surface area contributed by atoms with Gasteiger partial charge in [-0.15, -0.1) is 13.2 Å². The van der Waals surface area contributed by atoms with Crippen molar-refractivity contribution in [1.82, 2.24) is 14.6 Å². The van der Waals surface area contributed by atoms with Gasteiger partial charge in [0.05, 0.1) is 48.4 Å². The molecule has 1 saturated heterocycles. The summed E-state index contributed by atoms with van der Waals surface area (Å²) in [5.74, 6) is -0.330. The van der Waals surface area contributed by atoms with Crippen LogP contribution in [-0.2, 0) is 32.2 Å². The number of hydrogen-bond donors (Lipinski definition) is 1. The van der Waals surface area contributed by atoms with Crippen molar-refractivity contribution in [3.05, 3.63) is 77.9 Å². The Kier molecular flexibility index (Phi) is 11.2. The number of ether oxygens (including phenoxy) is 4. The van der Waals surface area contributed by atoms with Gasteiger partial charge in [-0.05, 0) is 72.6 Å². The lowest BCUT2D eigenvalue weighted by Crippen LogP contribution is -2.45. The van der Waals surface area contributed by atoms with Crippen LogP contribution in [0.25, 0.3) is 5.65 Å². The van der Waals surface area contributed by atoms with E-state index in [1.165, 1.54) is 12.1 Å². The summed E-state index contributed by atoms with van der Waals surface area (Å²) in [6, 6.07) is 6.18. The lowest BCUT2D eigenvalue weighted by molar-refractivity contribution is -0.160. The highest BCUT2D eigenvalue weighted by atomic mass is 19.1. The molecule has 1 aliphatic heterocycles. The molecule has 0 bridgehead atoms. The molecule has 1 aliphatic rings. The Balaban J connectivity index is 1.67. The summed E-state index contributed by atoms with van der Waals surface area (Å²) in [5, 5.41) is 15.2. The van der Waals surface area contributed by atoms with E-state index >= 15 is 0 Å². The summed E-state index contributed by atoms with van der Waals surface area (Å²) >= 11 is 0. The second-order valence-corrected chi connectivity index (χ2v) is 13.0. The minimum atomic E-state index is -1.27. The molecule has 1 N–H and O–H groups in total. The van der Waals surface area contributed by atoms with Crippen LogP contribution < -0.4 is 9.64 Å². The molecule has 1 aromatic carbocycles. The predicted molar refractivity (Wildman–Crippen MR) is 175 cm³/mol. The van der Waals surface area contributed by atoms with Gasteiger partial charge in [0.2, 0.25) is 0 Å². The Hall–Kier alpha value is -3.80. The summed E-state index contributed by atoms with van der Waals surface area (Å²) in [6.45, 7) is 20.7. The van der Waals surface area contributed by atoms with Crippen LogP contribution in [0.4, 0.5) is 10.2 Å². The van der Waals surface area contributed by atoms with E-state index < -0.39 is 17.7 Å². The number of anilines is 1. The molecule has 46 heavy (non-hydrogen) atoms. The van der Waals surface area contributed by atoms with Gasteiger partial charge in [-0.3, -0.25) is 0 Å². The first-order valence-corrected chi connectivity index (χ1v) is 15.7. The Morgan fingerprint density at radius 3 is 2.52 bits per heavy atom. The number of hydrogen-bond acceptors (Lipinski definition) is 8. The minimum absolute atomic E-state index is 0.0995. The molecule has 3 heterocycles. The third-order valence-electron chi connectivity index (χ3n) is 7.84. The average Bonchev–Trinajstić information content (AvgIpc) is 3.38. The van der Waals surface area contributed by atoms with Crippen LogP contribution in [0.15, 0.2) is 49.6 Å². The summed E-state index contributed by atoms with van der Waals surface area (Å²) in [4.78, 5) is 19.6. The highest BCUT2D eigenvalue weighted by Crippen LogP contribution is 2.37. The summed E-state index contributed by atoms with van der Waals surface area (Å²) in [5.41, 5.74) is 1.66. The molecule has 250 valence electrons. The molecule has 0 amide bonds. The molecule has 0 radical (unpaired) electrons. The number of benzene rings is 1. The lowest BCUT2D eigenvalue weighted by Gasteiger charge is -2.41. The standard InChI is InChI=1S/C35H47FN4O6/c1-9-11-23(3)45-28-13-12-26(36)19-25(28)21-43-22-27-20-29-37-24(4)30(31(33(41)42)46-34(5,6)7)32(40(29)38-27)39-16-14-35(8,15-17-39)44-18-10-2/h9-10,12-13,19-20,23,31H,1-2,11,14-18,21-22H2,3-8H3,(H,41,42). The number of carbonyl (C=O) groups is 1. The largest absolute Gasteiger partial charge is 0.490 e. The molecule has 11 heteroatoms. The van der Waals surface area contributed by atoms with E-state index in [1.54, 1.807) is 29.7 Å². The fraction of sp³-hybridized carbons (Fsp3) is 0.514. The van der Waals surface area contributed by atoms with E-state index in [0.717, 1.165) is 12.8 Å². The van der Waals surface area contributed by atoms with Crippen molar-refractivity contribution >= 4 is 17.4 Å². The maximum Gasteiger partial charge on any atom is 0.337 e. The Morgan fingerprint density at radius 2 is 1.89 bits per heavy atom. The van der Waals surface area contributed by atoms with Crippen LogP contribution >= 0.6 is 0 Å². The van der Waals surface area contributed by atoms with Crippen LogP contribution in [0.1, 0.15) is 82.5 Å². The third-order valence-corrected chi connectivity index (χ3v) is 7.84. The summed E-state index contributed by atoms with van der Waals surface area (Å²) in [7, 11) is 0. The van der Waals surface area contributed by atoms with Crippen LogP contribution in [0.3, 0.4) is 0 Å². The lowest BCUT2D eigenvalue weighted by atomic mass is 9.92. The predicted octanol–water partition coefficient (Wildman–Crippen LogP) is 6.74. The van der Waals surface area contributed by atoms with Gasteiger partial charge in [-0.1, -0.05) is 12.2 Å². The van der Waals surface area contributed by atoms with Crippen molar-refractivity contribution in [2.75, 3.05) is 24.6 Å². The van der Waals surface area contributed by atoms with Gasteiger partial charge in [-0.25, -0.2) is 14.2 Å². The zero-order chi connectivity index (χ0) is 33.6. The fourth-order valence-corrected chi connectivity index (χ4v) is 5.57. The van der Waals surface area contributed by atoms with Crippen LogP contribution in [0.5, 0.6) is 5.75 Å². The van der Waals surface area contributed by atoms with Gasteiger partial charge in [0, 0.05) is 36.8 Å². The Labute approximate surface area is 270 Å². The normalized spacial score (nSPS) is 16.3. The number of carboxylic acids is 1. The topological polar surface area (TPSA) is 108 Å². The number of aryl methyl sites for hydroxylation is 1. The smallest absolute Gasteiger partial charge is 0.337 e. The first-order chi connectivity index (χ1) is 21.7. The molecule has 4 rings (SSSR count). The number of rotatable bonds is 15. The third kappa shape index (κ3) is 8.71. The SMILES string of the molecule is C=CCOC1(C)CCN(c2c(C(OC(C)(C)C)C(=O)O)c(C)nc3cc(COCc4cc(F)ccc4OC(C)CC=C)nn23)CC1. The molecular formula is C35H47FN4O6. The molecule has 10 nitrogen and oxygen atoms in total. The molecule has 0 aliphatic carbocycles. The molecule has 2 atom stereocenters. The van der Waals surface area contributed by atoms with Crippen molar-refractivity contribution < 1.29 is 33.2 Å². The van der Waals surface area contributed by atoms with Crippen LogP contribution in [-0.4, -0.2) is 62.7 Å². The number of aromatic nitrogens is 3. The van der Waals surface area contributed by atoms with E-state index in [-0.39, 0.29) is 30.7 Å². The number of piperidine rings is 1. The number of halogens is 1. The van der Waals surface area contributed by atoms with Crippen molar-refractivity contribution in [3.63, 3.8) is 0 Å². The number of carboxylic acid groups (broad SMARTS) is 1. The maximum absolute atomic E-state index is 14.1. The van der Waals surface area contributed by atoms with Crippen LogP contribution in [0.2, 0.25) is 0 Å². The monoisotopic (exact) mass is 638 g/mol. The molecule has 2 aromatic heterocycles. The Bertz CT molecular complexity index is 1540. The van der Waals surface area contributed by atoms with Gasteiger partial charge in [-0.2, -0.15) is 9.61 Å². The van der Waals surface area contributed by atoms with Gasteiger partial charge < -0.3 is 29.0 Å². The van der Waals surface area contributed by atoms with Gasteiger partial charge in [0.15, 0.2) is 11.8 Å². The number of nitrogens with zero attached hydrogens (tertiary/aromatic N) is 4. The first-order valence-electron chi connectivity index (χ1n) is 15.7. The van der Waals surface area contributed by atoms with Gasteiger partial charge in [0.1, 0.15) is 17.4 Å². The maximum atomic E-state index is 14.1. The molecule has 0 spiro atoms. The quantitative estimate of drug-likeness (QED) is 0.181. The summed E-state index contributed by atoms with van der Waals surface area (Å²) in [6.07, 6.45) is 4.22. The molecule has 2 unspecified atom stereocenters. The van der Waals surface area contributed by atoms with E-state index in [2.05, 4.69) is 25.0 Å². The van der Waals surface area contributed by atoms with Crippen molar-refractivity contribution in [2.24, 2.45) is 0 Å². The molecule has 3 aromatic rings. The van der Waals surface area contributed by atoms with Crippen molar-refractivity contribution in [3.8, 4) is 5.75 Å². The second-order valence-electron chi connectivity index (χ2n) is 13.0. The zero-order valence-electron chi connectivity index (χ0n) is 27.8. The average molecular weight is 639 g/mol. The summed E-state index contributed by atoms with van der Waals surface area (Å²) < 4.78 is 40.0. The van der Waals surface area contributed by atoms with E-state index in [1.807, 2.05) is 33.8 Å². The zero-order valence-corrected chi connectivity index (χ0v) is 27.8. The Morgan fingerprint density at radius 1 is 1.17 bits per heavy atom. The molecular weight excluding hydrogens is 591 g/mol. The highest BCUT2D eigenvalue weighted by Gasteiger charge is 2.37. The van der Waals surface area contributed by atoms with E-state index in [0.29, 0.717) is 65.8 Å². The highest BCUT2D eigenvalue weighted by molar-refractivity contribution is 5.78. The van der Waals surface area contributed by atoms with Gasteiger partial charge >= 0.3 is 5.97 Å². The van der Waals surface area contributed by atoms with Crippen LogP contribution in [0, 0.1) is 12.7 Å². The fourth-order valence-electron chi connectivity index (χ4n) is 5.57. The van der Waals surface area contributed by atoms with Crippen molar-refractivity contribution in [2.45, 2.75) is 97.4 Å². The van der Waals surface area contributed by atoms with E-state index in [9.17, 15) is 14.3 Å². The second kappa shape index (κ2) is 14.7. The minimum Gasteiger partial charge on any atom is -0.490 e. The number of aliphatic carboxylic acids is 1. The first kappa shape index (κ1) is 35.1. The van der Waals surface area contributed by atoms with Crippen molar-refractivity contribution in [1.29, 1.82) is 0 Å². The van der Waals surface area contributed by atoms with Gasteiger partial charge in [0.25, 0.3) is 0 Å². The number of fused-ring (bicyclic) bond motifs is 1.